The molecule has 0 amide bonds. The molecule has 6 fully saturated rings. The van der Waals surface area contributed by atoms with Crippen molar-refractivity contribution in [2.24, 2.45) is 23.7 Å². The van der Waals surface area contributed by atoms with Gasteiger partial charge in [0, 0.05) is 71.3 Å². The van der Waals surface area contributed by atoms with Gasteiger partial charge in [-0.1, -0.05) is 87.4 Å². The molecule has 6 saturated heterocycles. The molecule has 8 nitrogen and oxygen atoms in total. The van der Waals surface area contributed by atoms with Crippen LogP contribution in [0, 0.1) is 23.7 Å². The molecule has 326 valence electrons. The number of hydrogen-bond acceptors (Lipinski definition) is 8. The smallest absolute Gasteiger partial charge is 0.159 e. The predicted molar refractivity (Wildman–Crippen MR) is 257 cm³/mol. The SMILES string of the molecule is CC[C@H]1CN2CCC1C[C@H]2[C@H](c1nc(-c2ccccc2)nc([C@H](c2ccnc3ccc(OC)cc23)[C@@H]2CC3CCN2C[C@@H]3CC)c1-c1ccccc1)c1ccnc2ccc(OC)cc12. The summed E-state index contributed by atoms with van der Waals surface area (Å²) in [6.45, 7) is 9.19. The molecule has 10 atom stereocenters. The molecule has 0 N–H and O–H groups in total. The van der Waals surface area contributed by atoms with E-state index >= 15 is 0 Å². The second kappa shape index (κ2) is 17.4. The highest BCUT2D eigenvalue weighted by Crippen LogP contribution is 2.52. The lowest BCUT2D eigenvalue weighted by Crippen LogP contribution is -2.56. The summed E-state index contributed by atoms with van der Waals surface area (Å²) >= 11 is 0. The van der Waals surface area contributed by atoms with Crippen LogP contribution in [-0.2, 0) is 0 Å². The Hall–Kier alpha value is -5.70. The van der Waals surface area contributed by atoms with Crippen LogP contribution < -0.4 is 9.47 Å². The monoisotopic (exact) mass is 848 g/mol. The molecule has 6 aliphatic rings. The summed E-state index contributed by atoms with van der Waals surface area (Å²) in [5.74, 6) is 5.03. The number of piperidine rings is 6. The highest BCUT2D eigenvalue weighted by atomic mass is 16.5. The number of rotatable bonds is 12. The van der Waals surface area contributed by atoms with E-state index in [1.807, 2.05) is 24.5 Å². The summed E-state index contributed by atoms with van der Waals surface area (Å²) in [7, 11) is 3.52. The van der Waals surface area contributed by atoms with Gasteiger partial charge in [-0.2, -0.15) is 0 Å². The molecule has 6 aliphatic heterocycles. The van der Waals surface area contributed by atoms with Gasteiger partial charge in [-0.05, 0) is 128 Å². The lowest BCUT2D eigenvalue weighted by molar-refractivity contribution is -0.00754. The number of benzene rings is 4. The standard InChI is InChI=1S/C56H60N6O2/c1-5-35-33-61-27-23-39(35)29-49(61)52(43-21-25-57-47-19-17-41(63-3)31-45(43)47)54-51(37-13-9-7-10-14-37)55(60-56(59-54)38-15-11-8-12-16-38)53(50-30-40-24-28-62(50)34-36(40)6-2)44-22-26-58-48-20-18-42(64-4)32-46(44)48/h7-22,25-26,31-32,35-36,39-40,49-50,52-53H,5-6,23-24,27-30,33-34H2,1-4H3/t35-,36-,39?,40?,49-,50-,52+,53+/m0/s1. The van der Waals surface area contributed by atoms with Crippen LogP contribution in [0.25, 0.3) is 44.3 Å². The molecule has 4 unspecified atom stereocenters. The molecule has 0 aliphatic carbocycles. The average molecular weight is 849 g/mol. The van der Waals surface area contributed by atoms with Gasteiger partial charge >= 0.3 is 0 Å². The van der Waals surface area contributed by atoms with Crippen molar-refractivity contribution in [2.75, 3.05) is 40.4 Å². The third-order valence-electron chi connectivity index (χ3n) is 16.0. The van der Waals surface area contributed by atoms with Crippen molar-refractivity contribution in [1.82, 2.24) is 29.7 Å². The van der Waals surface area contributed by atoms with E-state index in [1.54, 1.807) is 14.2 Å². The van der Waals surface area contributed by atoms with Crippen LogP contribution in [0.15, 0.2) is 122 Å². The fraction of sp³-hybridized carbons (Fsp3) is 0.393. The highest BCUT2D eigenvalue weighted by molar-refractivity contribution is 5.87. The van der Waals surface area contributed by atoms with Crippen molar-refractivity contribution in [1.29, 1.82) is 0 Å². The van der Waals surface area contributed by atoms with E-state index < -0.39 is 0 Å². The van der Waals surface area contributed by atoms with E-state index in [0.29, 0.717) is 23.7 Å². The lowest BCUT2D eigenvalue weighted by atomic mass is 9.67. The Morgan fingerprint density at radius 2 is 1.05 bits per heavy atom. The third-order valence-corrected chi connectivity index (χ3v) is 16.0. The molecule has 4 aromatic carbocycles. The molecule has 7 aromatic rings. The quantitative estimate of drug-likeness (QED) is 0.120. The van der Waals surface area contributed by atoms with Crippen LogP contribution in [0.2, 0.25) is 0 Å². The predicted octanol–water partition coefficient (Wildman–Crippen LogP) is 11.4. The Kier molecular flexibility index (Phi) is 11.1. The van der Waals surface area contributed by atoms with Crippen LogP contribution in [0.4, 0.5) is 0 Å². The molecule has 3 aromatic heterocycles. The van der Waals surface area contributed by atoms with Crippen molar-refractivity contribution in [3.63, 3.8) is 0 Å². The van der Waals surface area contributed by atoms with E-state index in [0.717, 1.165) is 106 Å². The summed E-state index contributed by atoms with van der Waals surface area (Å²) in [6, 6.07) is 39.5. The molecule has 0 saturated carbocycles. The molecule has 9 heterocycles. The molecule has 8 heteroatoms. The van der Waals surface area contributed by atoms with Gasteiger partial charge in [-0.15, -0.1) is 0 Å². The van der Waals surface area contributed by atoms with Gasteiger partial charge in [0.1, 0.15) is 11.5 Å². The van der Waals surface area contributed by atoms with Crippen molar-refractivity contribution >= 4 is 21.8 Å². The van der Waals surface area contributed by atoms with E-state index in [1.165, 1.54) is 36.8 Å². The second-order valence-electron chi connectivity index (χ2n) is 19.0. The molecular formula is C56H60N6O2. The zero-order valence-corrected chi connectivity index (χ0v) is 37.7. The minimum Gasteiger partial charge on any atom is -0.497 e. The Bertz CT molecular complexity index is 2630. The molecule has 0 spiro atoms. The summed E-state index contributed by atoms with van der Waals surface area (Å²) in [6.07, 6.45) is 11.2. The van der Waals surface area contributed by atoms with Gasteiger partial charge in [0.05, 0.1) is 36.6 Å². The van der Waals surface area contributed by atoms with Crippen LogP contribution in [0.5, 0.6) is 11.5 Å². The van der Waals surface area contributed by atoms with Crippen LogP contribution in [-0.4, -0.2) is 82.2 Å². The fourth-order valence-electron chi connectivity index (χ4n) is 12.7. The van der Waals surface area contributed by atoms with E-state index in [9.17, 15) is 0 Å². The Morgan fingerprint density at radius 1 is 0.578 bits per heavy atom. The number of fused-ring (bicyclic) bond motifs is 8. The molecular weight excluding hydrogens is 789 g/mol. The average Bonchev–Trinajstić information content (AvgIpc) is 3.37. The molecule has 0 radical (unpaired) electrons. The summed E-state index contributed by atoms with van der Waals surface area (Å²) < 4.78 is 11.9. The fourth-order valence-corrected chi connectivity index (χ4v) is 12.7. The number of methoxy groups -OCH3 is 2. The number of hydrogen-bond donors (Lipinski definition) is 0. The van der Waals surface area contributed by atoms with Crippen LogP contribution >= 0.6 is 0 Å². The van der Waals surface area contributed by atoms with E-state index in [2.05, 4.69) is 121 Å². The Balaban J connectivity index is 1.25. The van der Waals surface area contributed by atoms with E-state index in [-0.39, 0.29) is 23.9 Å². The van der Waals surface area contributed by atoms with Gasteiger partial charge in [0.25, 0.3) is 0 Å². The van der Waals surface area contributed by atoms with Gasteiger partial charge < -0.3 is 9.47 Å². The molecule has 13 rings (SSSR count). The van der Waals surface area contributed by atoms with Gasteiger partial charge in [0.15, 0.2) is 5.82 Å². The topological polar surface area (TPSA) is 76.5 Å². The Morgan fingerprint density at radius 3 is 1.47 bits per heavy atom. The molecule has 4 bridgehead atoms. The largest absolute Gasteiger partial charge is 0.497 e. The first kappa shape index (κ1) is 41.0. The number of aromatic nitrogens is 4. The van der Waals surface area contributed by atoms with Gasteiger partial charge in [-0.3, -0.25) is 19.8 Å². The van der Waals surface area contributed by atoms with Crippen molar-refractivity contribution in [3.05, 3.63) is 144 Å². The number of ether oxygens (including phenoxy) is 2. The molecule has 64 heavy (non-hydrogen) atoms. The number of pyridine rings is 2. The minimum absolute atomic E-state index is 0.0832. The first-order chi connectivity index (χ1) is 31.5. The minimum atomic E-state index is -0.0832. The first-order valence-corrected chi connectivity index (χ1v) is 23.9. The maximum Gasteiger partial charge on any atom is 0.159 e. The zero-order valence-electron chi connectivity index (χ0n) is 37.7. The van der Waals surface area contributed by atoms with Gasteiger partial charge in [-0.25, -0.2) is 9.97 Å². The first-order valence-electron chi connectivity index (χ1n) is 23.9. The third kappa shape index (κ3) is 7.23. The maximum absolute atomic E-state index is 5.95. The lowest BCUT2D eigenvalue weighted by Gasteiger charge is -2.53. The van der Waals surface area contributed by atoms with E-state index in [4.69, 9.17) is 29.4 Å². The van der Waals surface area contributed by atoms with Crippen LogP contribution in [0.1, 0.15) is 86.7 Å². The van der Waals surface area contributed by atoms with Crippen molar-refractivity contribution < 1.29 is 9.47 Å². The van der Waals surface area contributed by atoms with Crippen molar-refractivity contribution in [3.8, 4) is 34.0 Å². The summed E-state index contributed by atoms with van der Waals surface area (Å²) in [5, 5.41) is 2.24. The Labute approximate surface area is 378 Å². The second-order valence-corrected chi connectivity index (χ2v) is 19.0. The normalized spacial score (nSPS) is 25.9. The number of nitrogens with zero attached hydrogens (tertiary/aromatic N) is 6. The van der Waals surface area contributed by atoms with Gasteiger partial charge in [0.2, 0.25) is 0 Å². The van der Waals surface area contributed by atoms with Crippen LogP contribution in [0.3, 0.4) is 0 Å². The highest BCUT2D eigenvalue weighted by Gasteiger charge is 2.48. The summed E-state index contributed by atoms with van der Waals surface area (Å²) in [4.78, 5) is 27.5. The maximum atomic E-state index is 5.95. The summed E-state index contributed by atoms with van der Waals surface area (Å²) in [5.41, 5.74) is 9.96. The zero-order chi connectivity index (χ0) is 43.3. The van der Waals surface area contributed by atoms with Crippen molar-refractivity contribution in [2.45, 2.75) is 76.3 Å².